The van der Waals surface area contributed by atoms with Crippen LogP contribution in [0.25, 0.3) is 0 Å². The molecule has 0 atom stereocenters. The lowest BCUT2D eigenvalue weighted by Gasteiger charge is -2.57. The van der Waals surface area contributed by atoms with Crippen LogP contribution in [0, 0.1) is 37.0 Å². The molecular formula is C22H31N3O2. The second-order valence-corrected chi connectivity index (χ2v) is 9.77. The summed E-state index contributed by atoms with van der Waals surface area (Å²) >= 11 is 0. The van der Waals surface area contributed by atoms with E-state index < -0.39 is 0 Å². The Hall–Kier alpha value is -1.78. The molecule has 4 aliphatic carbocycles. The van der Waals surface area contributed by atoms with Gasteiger partial charge >= 0.3 is 0 Å². The van der Waals surface area contributed by atoms with Crippen LogP contribution in [0.2, 0.25) is 0 Å². The summed E-state index contributed by atoms with van der Waals surface area (Å²) in [6.07, 6.45) is 7.47. The number of piperazine rings is 1. The van der Waals surface area contributed by atoms with E-state index in [-0.39, 0.29) is 11.3 Å². The molecule has 1 N–H and O–H groups in total. The third-order valence-electron chi connectivity index (χ3n) is 7.73. The lowest BCUT2D eigenvalue weighted by Crippen LogP contribution is -2.58. The number of aromatic nitrogens is 1. The van der Waals surface area contributed by atoms with Crippen molar-refractivity contribution in [3.63, 3.8) is 0 Å². The Bertz CT molecular complexity index is 737. The number of carbonyl (C=O) groups is 2. The van der Waals surface area contributed by atoms with Crippen molar-refractivity contribution in [3.05, 3.63) is 23.0 Å². The first kappa shape index (κ1) is 17.3. The standard InChI is InChI=1S/C22H31N3O2/c1-14-7-19(15(2)23-14)20(26)24-3-5-25(6-4-24)21(27)22-11-16-8-17(12-22)10-18(9-16)13-22/h7,16-18,23H,3-6,8-13H2,1-2H3. The topological polar surface area (TPSA) is 56.4 Å². The smallest absolute Gasteiger partial charge is 0.255 e. The molecule has 6 rings (SSSR count). The zero-order chi connectivity index (χ0) is 18.8. The number of amides is 2. The summed E-state index contributed by atoms with van der Waals surface area (Å²) < 4.78 is 0. The molecule has 27 heavy (non-hydrogen) atoms. The summed E-state index contributed by atoms with van der Waals surface area (Å²) in [5.74, 6) is 2.88. The van der Waals surface area contributed by atoms with Gasteiger partial charge in [-0.25, -0.2) is 0 Å². The Labute approximate surface area is 161 Å². The monoisotopic (exact) mass is 369 g/mol. The number of H-pyrrole nitrogens is 1. The fourth-order valence-corrected chi connectivity index (χ4v) is 6.94. The van der Waals surface area contributed by atoms with Gasteiger partial charge in [0.05, 0.1) is 11.0 Å². The summed E-state index contributed by atoms with van der Waals surface area (Å²) in [5, 5.41) is 0. The van der Waals surface area contributed by atoms with Crippen LogP contribution in [0.4, 0.5) is 0 Å². The lowest BCUT2D eigenvalue weighted by molar-refractivity contribution is -0.159. The summed E-state index contributed by atoms with van der Waals surface area (Å²) in [4.78, 5) is 33.5. The van der Waals surface area contributed by atoms with E-state index in [2.05, 4.69) is 9.88 Å². The maximum absolute atomic E-state index is 13.5. The van der Waals surface area contributed by atoms with E-state index in [0.29, 0.717) is 32.1 Å². The van der Waals surface area contributed by atoms with Crippen molar-refractivity contribution in [2.75, 3.05) is 26.2 Å². The SMILES string of the molecule is Cc1cc(C(=O)N2CCN(C(=O)C34CC5CC(CC(C5)C3)C4)CC2)c(C)[nH]1. The van der Waals surface area contributed by atoms with E-state index in [9.17, 15) is 9.59 Å². The second-order valence-electron chi connectivity index (χ2n) is 9.77. The largest absolute Gasteiger partial charge is 0.362 e. The van der Waals surface area contributed by atoms with Crippen molar-refractivity contribution in [3.8, 4) is 0 Å². The van der Waals surface area contributed by atoms with Gasteiger partial charge in [-0.1, -0.05) is 0 Å². The van der Waals surface area contributed by atoms with Gasteiger partial charge < -0.3 is 14.8 Å². The first-order valence-electron chi connectivity index (χ1n) is 10.7. The molecule has 5 nitrogen and oxygen atoms in total. The highest BCUT2D eigenvalue weighted by Gasteiger charge is 2.55. The number of hydrogen-bond donors (Lipinski definition) is 1. The Morgan fingerprint density at radius 3 is 1.93 bits per heavy atom. The molecule has 2 amide bonds. The first-order chi connectivity index (χ1) is 12.9. The fraction of sp³-hybridized carbons (Fsp3) is 0.727. The number of aromatic amines is 1. The van der Waals surface area contributed by atoms with Crippen LogP contribution < -0.4 is 0 Å². The number of nitrogens with one attached hydrogen (secondary N) is 1. The summed E-state index contributed by atoms with van der Waals surface area (Å²) in [6, 6.07) is 1.94. The second kappa shape index (κ2) is 6.11. The van der Waals surface area contributed by atoms with Crippen molar-refractivity contribution in [1.82, 2.24) is 14.8 Å². The van der Waals surface area contributed by atoms with Gasteiger partial charge in [-0.15, -0.1) is 0 Å². The third kappa shape index (κ3) is 2.81. The molecule has 1 aromatic heterocycles. The minimum atomic E-state index is -0.0603. The average molecular weight is 370 g/mol. The Morgan fingerprint density at radius 2 is 1.44 bits per heavy atom. The molecular weight excluding hydrogens is 338 g/mol. The first-order valence-corrected chi connectivity index (χ1v) is 10.7. The maximum Gasteiger partial charge on any atom is 0.255 e. The molecule has 1 aromatic rings. The van der Waals surface area contributed by atoms with Crippen molar-refractivity contribution < 1.29 is 9.59 Å². The maximum atomic E-state index is 13.5. The van der Waals surface area contributed by atoms with Crippen molar-refractivity contribution in [2.24, 2.45) is 23.2 Å². The Kier molecular flexibility index (Phi) is 3.92. The van der Waals surface area contributed by atoms with E-state index >= 15 is 0 Å². The number of aryl methyl sites for hydroxylation is 2. The molecule has 4 bridgehead atoms. The summed E-state index contributed by atoms with van der Waals surface area (Å²) in [7, 11) is 0. The van der Waals surface area contributed by atoms with Gasteiger partial charge in [-0.05, 0) is 76.2 Å². The van der Waals surface area contributed by atoms with Crippen molar-refractivity contribution >= 4 is 11.8 Å². The molecule has 1 saturated heterocycles. The lowest BCUT2D eigenvalue weighted by atomic mass is 9.49. The molecule has 146 valence electrons. The van der Waals surface area contributed by atoms with E-state index in [4.69, 9.17) is 0 Å². The van der Waals surface area contributed by atoms with Crippen molar-refractivity contribution in [2.45, 2.75) is 52.4 Å². The highest BCUT2D eigenvalue weighted by Crippen LogP contribution is 2.60. The van der Waals surface area contributed by atoms with Gasteiger partial charge in [-0.2, -0.15) is 0 Å². The van der Waals surface area contributed by atoms with Gasteiger partial charge in [0.25, 0.3) is 5.91 Å². The molecule has 1 aliphatic heterocycles. The zero-order valence-corrected chi connectivity index (χ0v) is 16.6. The number of rotatable bonds is 2. The summed E-state index contributed by atoms with van der Waals surface area (Å²) in [5.41, 5.74) is 2.67. The van der Waals surface area contributed by atoms with E-state index in [1.54, 1.807) is 0 Å². The number of hydrogen-bond acceptors (Lipinski definition) is 2. The minimum Gasteiger partial charge on any atom is -0.362 e. The zero-order valence-electron chi connectivity index (χ0n) is 16.6. The van der Waals surface area contributed by atoms with Gasteiger partial charge in [-0.3, -0.25) is 9.59 Å². The molecule has 5 heteroatoms. The Balaban J connectivity index is 1.25. The number of nitrogens with zero attached hydrogens (tertiary/aromatic N) is 2. The van der Waals surface area contributed by atoms with Crippen LogP contribution in [0.3, 0.4) is 0 Å². The normalized spacial score (nSPS) is 35.0. The van der Waals surface area contributed by atoms with Crippen LogP contribution in [0.1, 0.15) is 60.3 Å². The van der Waals surface area contributed by atoms with E-state index in [1.807, 2.05) is 24.8 Å². The van der Waals surface area contributed by atoms with Crippen LogP contribution in [-0.4, -0.2) is 52.8 Å². The fourth-order valence-electron chi connectivity index (χ4n) is 6.94. The molecule has 0 unspecified atom stereocenters. The van der Waals surface area contributed by atoms with E-state index in [1.165, 1.54) is 19.3 Å². The third-order valence-corrected chi connectivity index (χ3v) is 7.73. The molecule has 4 saturated carbocycles. The van der Waals surface area contributed by atoms with Gasteiger partial charge in [0.15, 0.2) is 0 Å². The Morgan fingerprint density at radius 1 is 0.926 bits per heavy atom. The van der Waals surface area contributed by atoms with Crippen LogP contribution >= 0.6 is 0 Å². The molecule has 0 aromatic carbocycles. The molecule has 0 spiro atoms. The average Bonchev–Trinajstić information content (AvgIpc) is 2.98. The quantitative estimate of drug-likeness (QED) is 0.871. The summed E-state index contributed by atoms with van der Waals surface area (Å²) in [6.45, 7) is 6.61. The predicted molar refractivity (Wildman–Crippen MR) is 103 cm³/mol. The molecule has 5 fully saturated rings. The van der Waals surface area contributed by atoms with Crippen LogP contribution in [0.5, 0.6) is 0 Å². The van der Waals surface area contributed by atoms with Crippen molar-refractivity contribution in [1.29, 1.82) is 0 Å². The molecule has 2 heterocycles. The van der Waals surface area contributed by atoms with Gasteiger partial charge in [0.1, 0.15) is 0 Å². The minimum absolute atomic E-state index is 0.0603. The number of carbonyl (C=O) groups excluding carboxylic acids is 2. The highest BCUT2D eigenvalue weighted by molar-refractivity contribution is 5.96. The molecule has 5 aliphatic rings. The molecule has 0 radical (unpaired) electrons. The van der Waals surface area contributed by atoms with Gasteiger partial charge in [0, 0.05) is 37.6 Å². The van der Waals surface area contributed by atoms with Crippen LogP contribution in [-0.2, 0) is 4.79 Å². The predicted octanol–water partition coefficient (Wildman–Crippen LogP) is 3.13. The van der Waals surface area contributed by atoms with E-state index in [0.717, 1.165) is 54.0 Å². The highest BCUT2D eigenvalue weighted by atomic mass is 16.2. The van der Waals surface area contributed by atoms with Gasteiger partial charge in [0.2, 0.25) is 5.91 Å². The van der Waals surface area contributed by atoms with Crippen LogP contribution in [0.15, 0.2) is 6.07 Å².